The number of ether oxygens (including phenoxy) is 1. The Morgan fingerprint density at radius 1 is 1.30 bits per heavy atom. The minimum absolute atomic E-state index is 0.00126. The lowest BCUT2D eigenvalue weighted by Crippen LogP contribution is -2.05. The van der Waals surface area contributed by atoms with E-state index in [0.29, 0.717) is 11.2 Å². The molecule has 0 spiro atoms. The summed E-state index contributed by atoms with van der Waals surface area (Å²) in [7, 11) is 1.28. The first-order valence-electron chi connectivity index (χ1n) is 5.84. The number of carbonyl (C=O) groups excluding carboxylic acids is 1. The zero-order chi connectivity index (χ0) is 14.1. The Kier molecular flexibility index (Phi) is 2.79. The van der Waals surface area contributed by atoms with Crippen molar-refractivity contribution in [2.75, 3.05) is 12.8 Å². The van der Waals surface area contributed by atoms with Crippen molar-refractivity contribution >= 4 is 22.6 Å². The molecule has 0 aliphatic rings. The molecule has 3 aromatic rings. The number of benzene rings is 1. The van der Waals surface area contributed by atoms with Crippen molar-refractivity contribution in [3.8, 4) is 5.69 Å². The largest absolute Gasteiger partial charge is 0.463 e. The van der Waals surface area contributed by atoms with Crippen molar-refractivity contribution in [1.29, 1.82) is 0 Å². The van der Waals surface area contributed by atoms with Gasteiger partial charge in [-0.3, -0.25) is 4.98 Å². The highest BCUT2D eigenvalue weighted by molar-refractivity contribution is 5.94. The van der Waals surface area contributed by atoms with Crippen LogP contribution in [0.5, 0.6) is 0 Å². The van der Waals surface area contributed by atoms with Crippen molar-refractivity contribution in [2.24, 2.45) is 0 Å². The molecule has 0 amide bonds. The Balaban J connectivity index is 2.17. The van der Waals surface area contributed by atoms with Crippen LogP contribution in [0.1, 0.15) is 10.6 Å². The number of pyridine rings is 1. The highest BCUT2D eigenvalue weighted by atomic mass is 16.5. The number of rotatable bonds is 2. The van der Waals surface area contributed by atoms with Gasteiger partial charge < -0.3 is 10.5 Å². The molecule has 1 aromatic carbocycles. The predicted octanol–water partition coefficient (Wildman–Crippen LogP) is 1.18. The molecule has 7 nitrogen and oxygen atoms in total. The summed E-state index contributed by atoms with van der Waals surface area (Å²) in [6, 6.07) is 7.27. The van der Waals surface area contributed by atoms with E-state index in [4.69, 9.17) is 5.73 Å². The molecule has 2 aromatic heterocycles. The Morgan fingerprint density at radius 2 is 2.15 bits per heavy atom. The number of nitrogens with zero attached hydrogens (tertiary/aromatic N) is 4. The molecule has 0 saturated heterocycles. The number of nitrogens with two attached hydrogens (primary N) is 1. The van der Waals surface area contributed by atoms with Gasteiger partial charge in [0, 0.05) is 11.6 Å². The predicted molar refractivity (Wildman–Crippen MR) is 72.4 cm³/mol. The van der Waals surface area contributed by atoms with Gasteiger partial charge in [-0.25, -0.2) is 14.5 Å². The molecular weight excluding hydrogens is 258 g/mol. The quantitative estimate of drug-likeness (QED) is 0.554. The zero-order valence-corrected chi connectivity index (χ0v) is 10.6. The van der Waals surface area contributed by atoms with E-state index in [1.165, 1.54) is 18.1 Å². The van der Waals surface area contributed by atoms with E-state index in [1.54, 1.807) is 18.3 Å². The van der Waals surface area contributed by atoms with Crippen molar-refractivity contribution in [3.05, 3.63) is 42.6 Å². The Labute approximate surface area is 114 Å². The number of carbonyl (C=O) groups is 1. The molecule has 3 rings (SSSR count). The summed E-state index contributed by atoms with van der Waals surface area (Å²) in [6.45, 7) is 0. The fourth-order valence-electron chi connectivity index (χ4n) is 1.95. The molecule has 0 aliphatic carbocycles. The topological polar surface area (TPSA) is 95.9 Å². The minimum Gasteiger partial charge on any atom is -0.463 e. The van der Waals surface area contributed by atoms with Gasteiger partial charge in [0.2, 0.25) is 0 Å². The second-order valence-electron chi connectivity index (χ2n) is 4.08. The normalized spacial score (nSPS) is 10.7. The number of anilines is 1. The summed E-state index contributed by atoms with van der Waals surface area (Å²) in [4.78, 5) is 19.5. The summed E-state index contributed by atoms with van der Waals surface area (Å²) in [5.41, 5.74) is 7.90. The third-order valence-corrected chi connectivity index (χ3v) is 2.89. The molecule has 20 heavy (non-hydrogen) atoms. The summed E-state index contributed by atoms with van der Waals surface area (Å²) >= 11 is 0. The SMILES string of the molecule is COC(=O)c1ncn(-c2ccnc3c(N)cccc23)n1. The summed E-state index contributed by atoms with van der Waals surface area (Å²) in [5.74, 6) is -0.581. The van der Waals surface area contributed by atoms with Crippen LogP contribution in [-0.2, 0) is 4.74 Å². The first kappa shape index (κ1) is 12.1. The van der Waals surface area contributed by atoms with Gasteiger partial charge in [-0.1, -0.05) is 12.1 Å². The molecule has 0 atom stereocenters. The van der Waals surface area contributed by atoms with Crippen molar-refractivity contribution in [1.82, 2.24) is 19.7 Å². The minimum atomic E-state index is -0.582. The molecule has 7 heteroatoms. The molecule has 0 fully saturated rings. The smallest absolute Gasteiger partial charge is 0.377 e. The van der Waals surface area contributed by atoms with Crippen LogP contribution in [-0.4, -0.2) is 32.8 Å². The number of nitrogen functional groups attached to an aromatic ring is 1. The van der Waals surface area contributed by atoms with Gasteiger partial charge in [-0.15, -0.1) is 5.10 Å². The van der Waals surface area contributed by atoms with E-state index in [-0.39, 0.29) is 5.82 Å². The van der Waals surface area contributed by atoms with Crippen LogP contribution in [0.25, 0.3) is 16.6 Å². The van der Waals surface area contributed by atoms with Crippen LogP contribution in [0.3, 0.4) is 0 Å². The van der Waals surface area contributed by atoms with Gasteiger partial charge in [-0.2, -0.15) is 0 Å². The van der Waals surface area contributed by atoms with Gasteiger partial charge in [0.15, 0.2) is 0 Å². The van der Waals surface area contributed by atoms with Crippen LogP contribution < -0.4 is 5.73 Å². The maximum absolute atomic E-state index is 11.4. The number of para-hydroxylation sites is 1. The molecule has 0 saturated carbocycles. The van der Waals surface area contributed by atoms with Crippen LogP contribution in [0, 0.1) is 0 Å². The molecule has 100 valence electrons. The van der Waals surface area contributed by atoms with E-state index in [2.05, 4.69) is 19.8 Å². The second kappa shape index (κ2) is 4.61. The number of aromatic nitrogens is 4. The van der Waals surface area contributed by atoms with Gasteiger partial charge in [0.1, 0.15) is 6.33 Å². The lowest BCUT2D eigenvalue weighted by atomic mass is 10.1. The highest BCUT2D eigenvalue weighted by Gasteiger charge is 2.13. The number of esters is 1. The Hall–Kier alpha value is -2.96. The Morgan fingerprint density at radius 3 is 2.95 bits per heavy atom. The van der Waals surface area contributed by atoms with E-state index >= 15 is 0 Å². The van der Waals surface area contributed by atoms with E-state index in [9.17, 15) is 4.79 Å². The van der Waals surface area contributed by atoms with Gasteiger partial charge in [0.05, 0.1) is 24.0 Å². The summed E-state index contributed by atoms with van der Waals surface area (Å²) in [5, 5.41) is 4.92. The van der Waals surface area contributed by atoms with E-state index in [1.807, 2.05) is 12.1 Å². The molecule has 0 unspecified atom stereocenters. The van der Waals surface area contributed by atoms with Crippen LogP contribution in [0.2, 0.25) is 0 Å². The zero-order valence-electron chi connectivity index (χ0n) is 10.6. The van der Waals surface area contributed by atoms with Gasteiger partial charge >= 0.3 is 5.97 Å². The average Bonchev–Trinajstić information content (AvgIpc) is 2.96. The summed E-state index contributed by atoms with van der Waals surface area (Å²) in [6.07, 6.45) is 3.08. The monoisotopic (exact) mass is 269 g/mol. The van der Waals surface area contributed by atoms with Crippen molar-refractivity contribution < 1.29 is 9.53 Å². The van der Waals surface area contributed by atoms with Gasteiger partial charge in [0.25, 0.3) is 5.82 Å². The number of hydrogen-bond acceptors (Lipinski definition) is 6. The maximum Gasteiger partial charge on any atom is 0.377 e. The lowest BCUT2D eigenvalue weighted by molar-refractivity contribution is 0.0587. The molecule has 0 radical (unpaired) electrons. The van der Waals surface area contributed by atoms with Crippen LogP contribution >= 0.6 is 0 Å². The summed E-state index contributed by atoms with van der Waals surface area (Å²) < 4.78 is 6.08. The molecule has 2 N–H and O–H groups in total. The third-order valence-electron chi connectivity index (χ3n) is 2.89. The maximum atomic E-state index is 11.4. The lowest BCUT2D eigenvalue weighted by Gasteiger charge is -2.06. The van der Waals surface area contributed by atoms with Crippen LogP contribution in [0.15, 0.2) is 36.8 Å². The van der Waals surface area contributed by atoms with Crippen molar-refractivity contribution in [2.45, 2.75) is 0 Å². The highest BCUT2D eigenvalue weighted by Crippen LogP contribution is 2.23. The van der Waals surface area contributed by atoms with Crippen molar-refractivity contribution in [3.63, 3.8) is 0 Å². The molecule has 0 aliphatic heterocycles. The molecule has 0 bridgehead atoms. The molecular formula is C13H11N5O2. The van der Waals surface area contributed by atoms with E-state index in [0.717, 1.165) is 11.1 Å². The van der Waals surface area contributed by atoms with Crippen LogP contribution in [0.4, 0.5) is 5.69 Å². The standard InChI is InChI=1S/C13H11N5O2/c1-20-13(19)12-16-7-18(17-12)10-5-6-15-11-8(10)3-2-4-9(11)14/h2-7H,14H2,1H3. The Bertz CT molecular complexity index is 796. The van der Waals surface area contributed by atoms with Gasteiger partial charge in [-0.05, 0) is 12.1 Å². The first-order valence-corrected chi connectivity index (χ1v) is 5.84. The third kappa shape index (κ3) is 1.85. The fraction of sp³-hybridized carbons (Fsp3) is 0.0769. The van der Waals surface area contributed by atoms with E-state index < -0.39 is 5.97 Å². The number of methoxy groups -OCH3 is 1. The average molecular weight is 269 g/mol. The number of fused-ring (bicyclic) bond motifs is 1. The first-order chi connectivity index (χ1) is 9.70. The fourth-order valence-corrected chi connectivity index (χ4v) is 1.95. The number of hydrogen-bond donors (Lipinski definition) is 1. The molecule has 2 heterocycles. The second-order valence-corrected chi connectivity index (χ2v) is 4.08.